The molecule has 0 atom stereocenters. The molecule has 0 saturated carbocycles. The van der Waals surface area contributed by atoms with Crippen molar-refractivity contribution >= 4 is 11.6 Å². The van der Waals surface area contributed by atoms with Gasteiger partial charge in [-0.3, -0.25) is 4.79 Å². The average Bonchev–Trinajstić information content (AvgIpc) is 2.34. The maximum absolute atomic E-state index is 12.2. The van der Waals surface area contributed by atoms with E-state index in [1.165, 1.54) is 0 Å². The molecule has 3 N–H and O–H groups in total. The van der Waals surface area contributed by atoms with Gasteiger partial charge in [-0.25, -0.2) is 0 Å². The van der Waals surface area contributed by atoms with Gasteiger partial charge in [-0.05, 0) is 31.0 Å². The number of alkyl halides is 3. The topological polar surface area (TPSA) is 55.1 Å². The Morgan fingerprint density at radius 1 is 1.26 bits per heavy atom. The first-order chi connectivity index (χ1) is 8.92. The van der Waals surface area contributed by atoms with Crippen LogP contribution < -0.4 is 11.1 Å². The summed E-state index contributed by atoms with van der Waals surface area (Å²) in [6, 6.07) is 6.52. The van der Waals surface area contributed by atoms with Crippen LogP contribution in [0.3, 0.4) is 0 Å². The van der Waals surface area contributed by atoms with Gasteiger partial charge >= 0.3 is 6.18 Å². The first kappa shape index (κ1) is 15.5. The number of nitrogens with two attached hydrogens (primary N) is 1. The van der Waals surface area contributed by atoms with Crippen LogP contribution in [0.15, 0.2) is 24.3 Å². The van der Waals surface area contributed by atoms with Crippen LogP contribution >= 0.6 is 0 Å². The minimum Gasteiger partial charge on any atom is -0.330 e. The van der Waals surface area contributed by atoms with Gasteiger partial charge in [0.1, 0.15) is 0 Å². The highest BCUT2D eigenvalue weighted by Crippen LogP contribution is 2.25. The molecular weight excluding hydrogens is 257 g/mol. The molecule has 0 aromatic heterocycles. The quantitative estimate of drug-likeness (QED) is 0.838. The molecule has 1 amide bonds. The average molecular weight is 274 g/mol. The van der Waals surface area contributed by atoms with Crippen molar-refractivity contribution in [3.05, 3.63) is 29.8 Å². The minimum atomic E-state index is -4.20. The minimum absolute atomic E-state index is 0.142. The maximum Gasteiger partial charge on any atom is 0.389 e. The number of anilines is 1. The van der Waals surface area contributed by atoms with E-state index in [4.69, 9.17) is 5.73 Å². The number of nitrogens with one attached hydrogen (secondary N) is 1. The lowest BCUT2D eigenvalue weighted by Gasteiger charge is -2.12. The predicted molar refractivity (Wildman–Crippen MR) is 67.7 cm³/mol. The molecule has 3 nitrogen and oxygen atoms in total. The van der Waals surface area contributed by atoms with Gasteiger partial charge in [0.2, 0.25) is 5.91 Å². The Morgan fingerprint density at radius 3 is 2.58 bits per heavy atom. The molecule has 19 heavy (non-hydrogen) atoms. The van der Waals surface area contributed by atoms with E-state index in [2.05, 4.69) is 5.32 Å². The summed E-state index contributed by atoms with van der Waals surface area (Å²) in [6.45, 7) is 0.406. The van der Waals surface area contributed by atoms with Crippen molar-refractivity contribution in [3.63, 3.8) is 0 Å². The van der Waals surface area contributed by atoms with Crippen molar-refractivity contribution in [2.75, 3.05) is 11.9 Å². The van der Waals surface area contributed by atoms with Crippen LogP contribution in [0.5, 0.6) is 0 Å². The molecule has 0 aliphatic rings. The fourth-order valence-corrected chi connectivity index (χ4v) is 1.61. The molecule has 0 fully saturated rings. The number of hydrogen-bond acceptors (Lipinski definition) is 2. The fraction of sp³-hybridized carbons (Fsp3) is 0.462. The van der Waals surface area contributed by atoms with E-state index in [1.54, 1.807) is 24.3 Å². The van der Waals surface area contributed by atoms with E-state index in [9.17, 15) is 18.0 Å². The zero-order valence-corrected chi connectivity index (χ0v) is 10.5. The van der Waals surface area contributed by atoms with Crippen molar-refractivity contribution in [2.24, 2.45) is 5.73 Å². The van der Waals surface area contributed by atoms with Crippen LogP contribution in [0, 0.1) is 0 Å². The summed E-state index contributed by atoms with van der Waals surface area (Å²) in [6.07, 6.45) is -4.42. The summed E-state index contributed by atoms with van der Waals surface area (Å²) < 4.78 is 36.6. The molecule has 1 aromatic carbocycles. The standard InChI is InChI=1S/C13H17F3N2O/c14-13(15,16)8-7-10-4-1-2-5-11(10)18-12(19)6-3-9-17/h1-2,4-5H,3,6-9,17H2,(H,18,19). The zero-order valence-electron chi connectivity index (χ0n) is 10.5. The molecule has 0 heterocycles. The van der Waals surface area contributed by atoms with E-state index < -0.39 is 12.6 Å². The number of amides is 1. The molecule has 0 saturated heterocycles. The van der Waals surface area contributed by atoms with Crippen molar-refractivity contribution in [2.45, 2.75) is 31.9 Å². The number of para-hydroxylation sites is 1. The van der Waals surface area contributed by atoms with Crippen LogP contribution in [0.25, 0.3) is 0 Å². The largest absolute Gasteiger partial charge is 0.389 e. The van der Waals surface area contributed by atoms with Gasteiger partial charge in [0, 0.05) is 18.5 Å². The number of aryl methyl sites for hydroxylation is 1. The Bertz CT molecular complexity index is 419. The van der Waals surface area contributed by atoms with Crippen molar-refractivity contribution in [1.29, 1.82) is 0 Å². The van der Waals surface area contributed by atoms with Gasteiger partial charge in [-0.15, -0.1) is 0 Å². The van der Waals surface area contributed by atoms with Crippen molar-refractivity contribution < 1.29 is 18.0 Å². The second-order valence-electron chi connectivity index (χ2n) is 4.21. The number of carbonyl (C=O) groups is 1. The molecule has 0 radical (unpaired) electrons. The molecule has 0 spiro atoms. The number of halogens is 3. The molecule has 6 heteroatoms. The first-order valence-electron chi connectivity index (χ1n) is 6.07. The summed E-state index contributed by atoms with van der Waals surface area (Å²) in [4.78, 5) is 11.5. The Morgan fingerprint density at radius 2 is 1.95 bits per heavy atom. The third kappa shape index (κ3) is 6.24. The third-order valence-electron chi connectivity index (χ3n) is 2.58. The molecule has 0 unspecified atom stereocenters. The van der Waals surface area contributed by atoms with Crippen LogP contribution in [0.4, 0.5) is 18.9 Å². The van der Waals surface area contributed by atoms with E-state index in [0.717, 1.165) is 0 Å². The second kappa shape index (κ2) is 7.13. The summed E-state index contributed by atoms with van der Waals surface area (Å²) in [5.41, 5.74) is 6.22. The van der Waals surface area contributed by atoms with Crippen molar-refractivity contribution in [3.8, 4) is 0 Å². The van der Waals surface area contributed by atoms with Crippen LogP contribution in [-0.4, -0.2) is 18.6 Å². The van der Waals surface area contributed by atoms with E-state index in [-0.39, 0.29) is 18.7 Å². The molecule has 0 bridgehead atoms. The summed E-state index contributed by atoms with van der Waals surface area (Å²) in [7, 11) is 0. The van der Waals surface area contributed by atoms with Crippen LogP contribution in [0.2, 0.25) is 0 Å². The number of carbonyl (C=O) groups excluding carboxylic acids is 1. The highest BCUT2D eigenvalue weighted by molar-refractivity contribution is 5.91. The molecule has 1 rings (SSSR count). The fourth-order valence-electron chi connectivity index (χ4n) is 1.61. The molecule has 1 aromatic rings. The summed E-state index contributed by atoms with van der Waals surface area (Å²) >= 11 is 0. The molecule has 0 aliphatic heterocycles. The van der Waals surface area contributed by atoms with Gasteiger partial charge in [-0.2, -0.15) is 13.2 Å². The van der Waals surface area contributed by atoms with Gasteiger partial charge in [0.25, 0.3) is 0 Å². The van der Waals surface area contributed by atoms with Gasteiger partial charge in [0.15, 0.2) is 0 Å². The molecule has 0 aliphatic carbocycles. The maximum atomic E-state index is 12.2. The second-order valence-corrected chi connectivity index (χ2v) is 4.21. The lowest BCUT2D eigenvalue weighted by atomic mass is 10.1. The molecular formula is C13H17F3N2O. The summed E-state index contributed by atoms with van der Waals surface area (Å²) in [5, 5.41) is 2.62. The Kier molecular flexibility index (Phi) is 5.82. The third-order valence-corrected chi connectivity index (χ3v) is 2.58. The first-order valence-corrected chi connectivity index (χ1v) is 6.07. The number of rotatable bonds is 6. The Hall–Kier alpha value is -1.56. The number of hydrogen-bond donors (Lipinski definition) is 2. The number of benzene rings is 1. The molecule has 106 valence electrons. The zero-order chi connectivity index (χ0) is 14.3. The normalized spacial score (nSPS) is 11.4. The van der Waals surface area contributed by atoms with Gasteiger partial charge in [0.05, 0.1) is 0 Å². The summed E-state index contributed by atoms with van der Waals surface area (Å²) in [5.74, 6) is -0.232. The highest BCUT2D eigenvalue weighted by Gasteiger charge is 2.26. The van der Waals surface area contributed by atoms with E-state index >= 15 is 0 Å². The van der Waals surface area contributed by atoms with Crippen LogP contribution in [-0.2, 0) is 11.2 Å². The Labute approximate surface area is 110 Å². The van der Waals surface area contributed by atoms with Crippen LogP contribution in [0.1, 0.15) is 24.8 Å². The van der Waals surface area contributed by atoms with Crippen molar-refractivity contribution in [1.82, 2.24) is 0 Å². The SMILES string of the molecule is NCCCC(=O)Nc1ccccc1CCC(F)(F)F. The highest BCUT2D eigenvalue weighted by atomic mass is 19.4. The predicted octanol–water partition coefficient (Wildman–Crippen LogP) is 2.86. The van der Waals surface area contributed by atoms with E-state index in [0.29, 0.717) is 24.2 Å². The lowest BCUT2D eigenvalue weighted by Crippen LogP contribution is -2.15. The smallest absolute Gasteiger partial charge is 0.330 e. The van der Waals surface area contributed by atoms with E-state index in [1.807, 2.05) is 0 Å². The Balaban J connectivity index is 2.65. The van der Waals surface area contributed by atoms with Gasteiger partial charge in [-0.1, -0.05) is 18.2 Å². The monoisotopic (exact) mass is 274 g/mol. The van der Waals surface area contributed by atoms with Gasteiger partial charge < -0.3 is 11.1 Å². The lowest BCUT2D eigenvalue weighted by molar-refractivity contribution is -0.133.